The molecule has 1 heterocycles. The Bertz CT molecular complexity index is 1520. The van der Waals surface area contributed by atoms with Crippen LogP contribution >= 0.6 is 15.9 Å². The van der Waals surface area contributed by atoms with Crippen molar-refractivity contribution in [2.45, 2.75) is 38.8 Å². The lowest BCUT2D eigenvalue weighted by molar-refractivity contribution is 0.130. The van der Waals surface area contributed by atoms with Crippen LogP contribution in [0.1, 0.15) is 43.9 Å². The zero-order chi connectivity index (χ0) is 24.5. The first kappa shape index (κ1) is 22.6. The molecule has 0 amide bonds. The van der Waals surface area contributed by atoms with Crippen molar-refractivity contribution in [3.8, 4) is 0 Å². The topological polar surface area (TPSA) is 35.5 Å². The quantitative estimate of drug-likeness (QED) is 0.260. The highest BCUT2D eigenvalue weighted by molar-refractivity contribution is 9.10. The van der Waals surface area contributed by atoms with Crippen molar-refractivity contribution >= 4 is 54.4 Å². The van der Waals surface area contributed by atoms with E-state index in [1.165, 1.54) is 32.7 Å². The van der Waals surface area contributed by atoms with Gasteiger partial charge in [0.25, 0.3) is 0 Å². The van der Waals surface area contributed by atoms with Crippen LogP contribution in [0.3, 0.4) is 0 Å². The molecule has 3 nitrogen and oxygen atoms in total. The molecule has 35 heavy (non-hydrogen) atoms. The molecule has 2 aliphatic rings. The predicted octanol–water partition coefficient (Wildman–Crippen LogP) is 7.92. The Kier molecular flexibility index (Phi) is 5.24. The molecule has 6 rings (SSSR count). The van der Waals surface area contributed by atoms with E-state index in [4.69, 9.17) is 0 Å². The first-order valence-corrected chi connectivity index (χ1v) is 13.1. The molecule has 2 N–H and O–H groups in total. The molecule has 1 aliphatic heterocycles. The van der Waals surface area contributed by atoms with Crippen molar-refractivity contribution in [2.24, 2.45) is 5.41 Å². The summed E-state index contributed by atoms with van der Waals surface area (Å²) in [5.74, 6) is 0. The third-order valence-corrected chi connectivity index (χ3v) is 8.33. The van der Waals surface area contributed by atoms with Gasteiger partial charge in [-0.05, 0) is 103 Å². The summed E-state index contributed by atoms with van der Waals surface area (Å²) < 4.78 is 1.06. The fraction of sp³-hybridized carbons (Fsp3) is 0.290. The molecule has 0 bridgehead atoms. The molecule has 2 unspecified atom stereocenters. The monoisotopic (exact) mass is 526 g/mol. The maximum atomic E-state index is 11.5. The second-order valence-corrected chi connectivity index (χ2v) is 11.9. The maximum absolute atomic E-state index is 11.5. The SMILES string of the molecule is CN(C)c1ccc(C2Nc3ccc4cc5ccccc5cc4c3C3=C2C(O)CC(C)(C)C3)cc1Br. The van der Waals surface area contributed by atoms with Crippen LogP contribution in [0.4, 0.5) is 11.4 Å². The summed E-state index contributed by atoms with van der Waals surface area (Å²) in [5.41, 5.74) is 7.18. The number of aliphatic hydroxyl groups is 1. The minimum Gasteiger partial charge on any atom is -0.389 e. The number of hydrogen-bond acceptors (Lipinski definition) is 3. The van der Waals surface area contributed by atoms with Gasteiger partial charge in [-0.25, -0.2) is 0 Å². The molecule has 0 aromatic heterocycles. The molecular weight excluding hydrogens is 496 g/mol. The smallest absolute Gasteiger partial charge is 0.0784 e. The molecule has 4 aromatic rings. The summed E-state index contributed by atoms with van der Waals surface area (Å²) in [6.07, 6.45) is 1.24. The van der Waals surface area contributed by atoms with E-state index < -0.39 is 6.10 Å². The number of nitrogens with one attached hydrogen (secondary N) is 1. The normalized spacial score (nSPS) is 21.0. The molecule has 2 atom stereocenters. The highest BCUT2D eigenvalue weighted by atomic mass is 79.9. The molecular formula is C31H31BrN2O. The summed E-state index contributed by atoms with van der Waals surface area (Å²) in [5, 5.41) is 20.4. The van der Waals surface area contributed by atoms with Gasteiger partial charge in [-0.2, -0.15) is 0 Å². The Balaban J connectivity index is 1.60. The van der Waals surface area contributed by atoms with Gasteiger partial charge in [0.1, 0.15) is 0 Å². The van der Waals surface area contributed by atoms with Gasteiger partial charge in [0.15, 0.2) is 0 Å². The lowest BCUT2D eigenvalue weighted by Crippen LogP contribution is -2.35. The number of benzene rings is 4. The number of anilines is 2. The van der Waals surface area contributed by atoms with Crippen molar-refractivity contribution in [1.29, 1.82) is 0 Å². The van der Waals surface area contributed by atoms with Crippen molar-refractivity contribution in [2.75, 3.05) is 24.3 Å². The highest BCUT2D eigenvalue weighted by Crippen LogP contribution is 2.53. The fourth-order valence-electron chi connectivity index (χ4n) is 6.11. The van der Waals surface area contributed by atoms with E-state index in [-0.39, 0.29) is 11.5 Å². The molecule has 4 heteroatoms. The molecule has 4 aromatic carbocycles. The Morgan fingerprint density at radius 3 is 2.40 bits per heavy atom. The number of rotatable bonds is 2. The van der Waals surface area contributed by atoms with Crippen LogP contribution < -0.4 is 10.2 Å². The largest absolute Gasteiger partial charge is 0.389 e. The van der Waals surface area contributed by atoms with E-state index in [0.29, 0.717) is 0 Å². The number of hydrogen-bond donors (Lipinski definition) is 2. The number of fused-ring (bicyclic) bond motifs is 5. The van der Waals surface area contributed by atoms with Crippen LogP contribution in [-0.4, -0.2) is 25.3 Å². The summed E-state index contributed by atoms with van der Waals surface area (Å²) in [7, 11) is 4.11. The van der Waals surface area contributed by atoms with Gasteiger partial charge in [-0.3, -0.25) is 0 Å². The lowest BCUT2D eigenvalue weighted by atomic mass is 9.67. The van der Waals surface area contributed by atoms with E-state index in [2.05, 4.69) is 121 Å². The Morgan fingerprint density at radius 2 is 1.69 bits per heavy atom. The van der Waals surface area contributed by atoms with Gasteiger partial charge in [0.05, 0.1) is 17.8 Å². The minimum atomic E-state index is -0.484. The lowest BCUT2D eigenvalue weighted by Gasteiger charge is -2.43. The molecule has 178 valence electrons. The first-order valence-electron chi connectivity index (χ1n) is 12.3. The number of halogens is 1. The number of allylic oxidation sites excluding steroid dienone is 1. The van der Waals surface area contributed by atoms with Gasteiger partial charge in [-0.1, -0.05) is 50.2 Å². The predicted molar refractivity (Wildman–Crippen MR) is 152 cm³/mol. The van der Waals surface area contributed by atoms with Gasteiger partial charge in [0.2, 0.25) is 0 Å². The molecule has 0 saturated carbocycles. The van der Waals surface area contributed by atoms with Crippen molar-refractivity contribution in [1.82, 2.24) is 0 Å². The summed E-state index contributed by atoms with van der Waals surface area (Å²) in [4.78, 5) is 2.11. The van der Waals surface area contributed by atoms with Crippen LogP contribution in [0.25, 0.3) is 27.1 Å². The van der Waals surface area contributed by atoms with E-state index in [1.807, 2.05) is 0 Å². The van der Waals surface area contributed by atoms with Gasteiger partial charge in [0, 0.05) is 29.8 Å². The number of aliphatic hydroxyl groups excluding tert-OH is 1. The molecule has 0 radical (unpaired) electrons. The Labute approximate surface area is 215 Å². The zero-order valence-electron chi connectivity index (χ0n) is 20.7. The van der Waals surface area contributed by atoms with Crippen LogP contribution in [0.2, 0.25) is 0 Å². The zero-order valence-corrected chi connectivity index (χ0v) is 22.3. The van der Waals surface area contributed by atoms with Gasteiger partial charge >= 0.3 is 0 Å². The van der Waals surface area contributed by atoms with E-state index in [1.54, 1.807) is 0 Å². The van der Waals surface area contributed by atoms with E-state index in [9.17, 15) is 5.11 Å². The van der Waals surface area contributed by atoms with Crippen molar-refractivity contribution in [3.63, 3.8) is 0 Å². The molecule has 0 fully saturated rings. The number of nitrogens with zero attached hydrogens (tertiary/aromatic N) is 1. The van der Waals surface area contributed by atoms with Gasteiger partial charge in [-0.15, -0.1) is 0 Å². The Morgan fingerprint density at radius 1 is 0.943 bits per heavy atom. The van der Waals surface area contributed by atoms with Crippen LogP contribution in [-0.2, 0) is 0 Å². The minimum absolute atomic E-state index is 0.0335. The van der Waals surface area contributed by atoms with Gasteiger partial charge < -0.3 is 15.3 Å². The second kappa shape index (κ2) is 8.11. The summed E-state index contributed by atoms with van der Waals surface area (Å²) in [6.45, 7) is 4.55. The highest BCUT2D eigenvalue weighted by Gasteiger charge is 2.41. The molecule has 1 aliphatic carbocycles. The second-order valence-electron chi connectivity index (χ2n) is 11.1. The molecule has 0 saturated heterocycles. The van der Waals surface area contributed by atoms with Crippen molar-refractivity contribution in [3.05, 3.63) is 87.9 Å². The third-order valence-electron chi connectivity index (χ3n) is 7.69. The average molecular weight is 528 g/mol. The fourth-order valence-corrected chi connectivity index (χ4v) is 6.86. The summed E-state index contributed by atoms with van der Waals surface area (Å²) >= 11 is 3.77. The van der Waals surface area contributed by atoms with E-state index in [0.717, 1.165) is 39.8 Å². The Hall–Kier alpha value is -2.82. The van der Waals surface area contributed by atoms with Crippen LogP contribution in [0.5, 0.6) is 0 Å². The van der Waals surface area contributed by atoms with Crippen LogP contribution in [0.15, 0.2) is 76.8 Å². The third kappa shape index (κ3) is 3.75. The molecule has 0 spiro atoms. The summed E-state index contributed by atoms with van der Waals surface area (Å²) in [6, 6.07) is 24.1. The maximum Gasteiger partial charge on any atom is 0.0784 e. The van der Waals surface area contributed by atoms with E-state index >= 15 is 0 Å². The average Bonchev–Trinajstić information content (AvgIpc) is 2.80. The standard InChI is InChI=1S/C31H31BrN2O/c1-31(2)16-23-28-22-14-19-8-6-5-7-18(19)13-20(22)9-11-25(28)33-30(29(23)27(35)17-31)21-10-12-26(34(3)4)24(32)15-21/h5-15,27,30,33,35H,16-17H2,1-4H3. The first-order chi connectivity index (χ1) is 16.7. The van der Waals surface area contributed by atoms with Crippen LogP contribution in [0, 0.1) is 5.41 Å². The van der Waals surface area contributed by atoms with Crippen molar-refractivity contribution < 1.29 is 5.11 Å².